The predicted octanol–water partition coefficient (Wildman–Crippen LogP) is 2.96. The van der Waals surface area contributed by atoms with E-state index in [-0.39, 0.29) is 4.90 Å². The maximum atomic E-state index is 12.6. The molecule has 27 heavy (non-hydrogen) atoms. The first-order valence-electron chi connectivity index (χ1n) is 9.51. The second-order valence-electron chi connectivity index (χ2n) is 6.62. The molecule has 0 aromatic carbocycles. The van der Waals surface area contributed by atoms with Crippen LogP contribution in [0.3, 0.4) is 0 Å². The number of sulfonamides is 1. The van der Waals surface area contributed by atoms with Gasteiger partial charge in [-0.3, -0.25) is 0 Å². The minimum absolute atomic E-state index is 0.273. The summed E-state index contributed by atoms with van der Waals surface area (Å²) < 4.78 is 26.8. The normalized spacial score (nSPS) is 15.4. The smallest absolute Gasteiger partial charge is 0.244 e. The third-order valence-electron chi connectivity index (χ3n) is 4.57. The summed E-state index contributed by atoms with van der Waals surface area (Å²) >= 11 is 0. The van der Waals surface area contributed by atoms with E-state index in [1.807, 2.05) is 18.2 Å². The van der Waals surface area contributed by atoms with Gasteiger partial charge in [0.25, 0.3) is 0 Å². The zero-order valence-electron chi connectivity index (χ0n) is 15.5. The van der Waals surface area contributed by atoms with Crippen molar-refractivity contribution >= 4 is 21.7 Å². The Morgan fingerprint density at radius 1 is 0.889 bits per heavy atom. The molecule has 3 rings (SSSR count). The summed E-state index contributed by atoms with van der Waals surface area (Å²) in [6.45, 7) is 2.86. The minimum atomic E-state index is -3.41. The number of aromatic nitrogens is 2. The lowest BCUT2D eigenvalue weighted by Gasteiger charge is -2.25. The van der Waals surface area contributed by atoms with E-state index in [0.29, 0.717) is 18.9 Å². The van der Waals surface area contributed by atoms with Crippen molar-refractivity contribution in [2.45, 2.75) is 37.0 Å². The first kappa shape index (κ1) is 19.6. The van der Waals surface area contributed by atoms with Crippen LogP contribution in [0.2, 0.25) is 0 Å². The summed E-state index contributed by atoms with van der Waals surface area (Å²) in [7, 11) is -3.41. The van der Waals surface area contributed by atoms with Gasteiger partial charge < -0.3 is 10.6 Å². The number of piperidine rings is 1. The van der Waals surface area contributed by atoms with Gasteiger partial charge in [0.2, 0.25) is 10.0 Å². The molecule has 1 aliphatic heterocycles. The first-order chi connectivity index (χ1) is 13.2. The van der Waals surface area contributed by atoms with Crippen molar-refractivity contribution in [3.8, 4) is 0 Å². The highest BCUT2D eigenvalue weighted by molar-refractivity contribution is 7.89. The molecule has 146 valence electrons. The van der Waals surface area contributed by atoms with Crippen LogP contribution in [-0.2, 0) is 10.0 Å². The number of unbranched alkanes of at least 4 members (excludes halogenated alkanes) is 1. The number of pyridine rings is 2. The molecule has 0 aliphatic carbocycles. The Kier molecular flexibility index (Phi) is 7.00. The zero-order valence-corrected chi connectivity index (χ0v) is 16.3. The van der Waals surface area contributed by atoms with Crippen LogP contribution in [0.5, 0.6) is 0 Å². The molecule has 0 bridgehead atoms. The van der Waals surface area contributed by atoms with Crippen molar-refractivity contribution in [2.75, 3.05) is 36.8 Å². The van der Waals surface area contributed by atoms with E-state index in [1.54, 1.807) is 22.6 Å². The highest BCUT2D eigenvalue weighted by atomic mass is 32.2. The van der Waals surface area contributed by atoms with Crippen molar-refractivity contribution in [2.24, 2.45) is 0 Å². The quantitative estimate of drug-likeness (QED) is 0.641. The Bertz CT molecular complexity index is 791. The second kappa shape index (κ2) is 9.66. The van der Waals surface area contributed by atoms with Gasteiger partial charge in [0, 0.05) is 38.6 Å². The zero-order chi connectivity index (χ0) is 19.0. The van der Waals surface area contributed by atoms with Gasteiger partial charge in [0.15, 0.2) is 0 Å². The number of hydrogen-bond acceptors (Lipinski definition) is 6. The maximum absolute atomic E-state index is 12.6. The van der Waals surface area contributed by atoms with Gasteiger partial charge in [-0.25, -0.2) is 18.4 Å². The van der Waals surface area contributed by atoms with Gasteiger partial charge in [0.1, 0.15) is 16.5 Å². The lowest BCUT2D eigenvalue weighted by atomic mass is 10.2. The Morgan fingerprint density at radius 2 is 1.59 bits per heavy atom. The standard InChI is InChI=1S/C19H27N5O2S/c25-27(26,24-14-6-1-7-15-24)17-9-10-19(23-16-17)22-13-5-4-12-21-18-8-2-3-11-20-18/h2-3,8-11,16H,1,4-7,12-15H2,(H,20,21)(H,22,23). The Morgan fingerprint density at radius 3 is 2.19 bits per heavy atom. The molecule has 1 fully saturated rings. The van der Waals surface area contributed by atoms with Crippen molar-refractivity contribution in [3.63, 3.8) is 0 Å². The van der Waals surface area contributed by atoms with Crippen molar-refractivity contribution < 1.29 is 8.42 Å². The molecule has 0 saturated carbocycles. The summed E-state index contributed by atoms with van der Waals surface area (Å²) in [5, 5.41) is 6.51. The van der Waals surface area contributed by atoms with Crippen LogP contribution in [0.1, 0.15) is 32.1 Å². The van der Waals surface area contributed by atoms with E-state index in [9.17, 15) is 8.42 Å². The summed E-state index contributed by atoms with van der Waals surface area (Å²) in [5.41, 5.74) is 0. The molecule has 3 heterocycles. The van der Waals surface area contributed by atoms with Gasteiger partial charge in [-0.1, -0.05) is 12.5 Å². The van der Waals surface area contributed by atoms with Gasteiger partial charge in [0.05, 0.1) is 0 Å². The Labute approximate surface area is 161 Å². The van der Waals surface area contributed by atoms with E-state index in [2.05, 4.69) is 20.6 Å². The number of nitrogens with one attached hydrogen (secondary N) is 2. The molecule has 2 aromatic rings. The molecule has 2 N–H and O–H groups in total. The Balaban J connectivity index is 1.40. The summed E-state index contributed by atoms with van der Waals surface area (Å²) in [6.07, 6.45) is 8.17. The van der Waals surface area contributed by atoms with E-state index < -0.39 is 10.0 Å². The third-order valence-corrected chi connectivity index (χ3v) is 6.45. The van der Waals surface area contributed by atoms with Crippen LogP contribution in [-0.4, -0.2) is 48.9 Å². The number of anilines is 2. The fraction of sp³-hybridized carbons (Fsp3) is 0.474. The lowest BCUT2D eigenvalue weighted by Crippen LogP contribution is -2.35. The predicted molar refractivity (Wildman–Crippen MR) is 107 cm³/mol. The molecule has 0 unspecified atom stereocenters. The van der Waals surface area contributed by atoms with Crippen LogP contribution in [0, 0.1) is 0 Å². The average Bonchev–Trinajstić information content (AvgIpc) is 2.72. The first-order valence-corrected chi connectivity index (χ1v) is 11.0. The van der Waals surface area contributed by atoms with Gasteiger partial charge in [-0.15, -0.1) is 0 Å². The molecule has 0 radical (unpaired) electrons. The summed E-state index contributed by atoms with van der Waals surface area (Å²) in [6, 6.07) is 9.18. The molecular formula is C19H27N5O2S. The molecule has 1 aliphatic rings. The second-order valence-corrected chi connectivity index (χ2v) is 8.56. The fourth-order valence-electron chi connectivity index (χ4n) is 3.04. The van der Waals surface area contributed by atoms with E-state index in [0.717, 1.165) is 51.0 Å². The minimum Gasteiger partial charge on any atom is -0.370 e. The van der Waals surface area contributed by atoms with E-state index in [4.69, 9.17) is 0 Å². The van der Waals surface area contributed by atoms with Crippen molar-refractivity contribution in [1.82, 2.24) is 14.3 Å². The topological polar surface area (TPSA) is 87.2 Å². The largest absolute Gasteiger partial charge is 0.370 e. The lowest BCUT2D eigenvalue weighted by molar-refractivity contribution is 0.346. The highest BCUT2D eigenvalue weighted by Gasteiger charge is 2.25. The highest BCUT2D eigenvalue weighted by Crippen LogP contribution is 2.20. The number of nitrogens with zero attached hydrogens (tertiary/aromatic N) is 3. The van der Waals surface area contributed by atoms with Crippen LogP contribution < -0.4 is 10.6 Å². The molecule has 7 nitrogen and oxygen atoms in total. The Hall–Kier alpha value is -2.19. The van der Waals surface area contributed by atoms with Crippen molar-refractivity contribution in [3.05, 3.63) is 42.7 Å². The van der Waals surface area contributed by atoms with E-state index in [1.165, 1.54) is 6.20 Å². The molecule has 0 amide bonds. The average molecular weight is 390 g/mol. The van der Waals surface area contributed by atoms with Crippen molar-refractivity contribution in [1.29, 1.82) is 0 Å². The van der Waals surface area contributed by atoms with Gasteiger partial charge in [-0.2, -0.15) is 4.31 Å². The van der Waals surface area contributed by atoms with Crippen LogP contribution in [0.15, 0.2) is 47.6 Å². The SMILES string of the molecule is O=S(=O)(c1ccc(NCCCCNc2ccccn2)nc1)N1CCCCC1. The number of rotatable bonds is 9. The van der Waals surface area contributed by atoms with Crippen LogP contribution >= 0.6 is 0 Å². The van der Waals surface area contributed by atoms with Gasteiger partial charge >= 0.3 is 0 Å². The fourth-order valence-corrected chi connectivity index (χ4v) is 4.51. The summed E-state index contributed by atoms with van der Waals surface area (Å²) in [5.74, 6) is 1.59. The van der Waals surface area contributed by atoms with Gasteiger partial charge in [-0.05, 0) is 49.9 Å². The van der Waals surface area contributed by atoms with E-state index >= 15 is 0 Å². The van der Waals surface area contributed by atoms with Crippen LogP contribution in [0.25, 0.3) is 0 Å². The third kappa shape index (κ3) is 5.64. The molecule has 8 heteroatoms. The summed E-state index contributed by atoms with van der Waals surface area (Å²) in [4.78, 5) is 8.75. The molecule has 2 aromatic heterocycles. The molecule has 0 atom stereocenters. The number of hydrogen-bond donors (Lipinski definition) is 2. The maximum Gasteiger partial charge on any atom is 0.244 e. The van der Waals surface area contributed by atoms with Crippen LogP contribution in [0.4, 0.5) is 11.6 Å². The molecular weight excluding hydrogens is 362 g/mol. The molecule has 1 saturated heterocycles. The monoisotopic (exact) mass is 389 g/mol. The molecule has 0 spiro atoms.